The maximum absolute atomic E-state index is 13.0. The van der Waals surface area contributed by atoms with Crippen LogP contribution >= 0.6 is 0 Å². The van der Waals surface area contributed by atoms with Crippen LogP contribution in [0.4, 0.5) is 0 Å². The molecule has 148 valence electrons. The van der Waals surface area contributed by atoms with E-state index in [1.807, 2.05) is 78.6 Å². The lowest BCUT2D eigenvalue weighted by molar-refractivity contribution is 0.0743. The second-order valence-corrected chi connectivity index (χ2v) is 7.48. The molecule has 30 heavy (non-hydrogen) atoms. The van der Waals surface area contributed by atoms with E-state index >= 15 is 0 Å². The molecule has 1 amide bonds. The average Bonchev–Trinajstić information content (AvgIpc) is 2.80. The molecule has 1 saturated heterocycles. The van der Waals surface area contributed by atoms with E-state index in [2.05, 4.69) is 29.0 Å². The van der Waals surface area contributed by atoms with Gasteiger partial charge in [-0.05, 0) is 67.2 Å². The molecule has 0 atom stereocenters. The number of hydrogen-bond acceptors (Lipinski definition) is 2. The summed E-state index contributed by atoms with van der Waals surface area (Å²) < 4.78 is 0. The molecule has 4 rings (SSSR count). The van der Waals surface area contributed by atoms with Crippen LogP contribution in [0.1, 0.15) is 34.6 Å². The predicted octanol–water partition coefficient (Wildman–Crippen LogP) is 5.27. The van der Waals surface area contributed by atoms with Crippen molar-refractivity contribution in [3.8, 4) is 23.0 Å². The van der Waals surface area contributed by atoms with Gasteiger partial charge in [-0.1, -0.05) is 60.0 Å². The lowest BCUT2D eigenvalue weighted by Gasteiger charge is -2.28. The van der Waals surface area contributed by atoms with Crippen LogP contribution in [-0.4, -0.2) is 28.9 Å². The van der Waals surface area contributed by atoms with Gasteiger partial charge in [-0.15, -0.1) is 0 Å². The van der Waals surface area contributed by atoms with E-state index in [4.69, 9.17) is 0 Å². The summed E-state index contributed by atoms with van der Waals surface area (Å²) in [6, 6.07) is 23.9. The van der Waals surface area contributed by atoms with Crippen LogP contribution in [0.5, 0.6) is 0 Å². The summed E-state index contributed by atoms with van der Waals surface area (Å²) in [4.78, 5) is 19.3. The topological polar surface area (TPSA) is 33.2 Å². The first kappa shape index (κ1) is 19.7. The molecule has 0 saturated carbocycles. The Balaban J connectivity index is 1.39. The monoisotopic (exact) mass is 392 g/mol. The van der Waals surface area contributed by atoms with E-state index in [-0.39, 0.29) is 5.91 Å². The van der Waals surface area contributed by atoms with Crippen LogP contribution in [-0.2, 0) is 0 Å². The summed E-state index contributed by atoms with van der Waals surface area (Å²) in [6.07, 6.45) is 3.71. The molecule has 1 aliphatic rings. The third-order valence-electron chi connectivity index (χ3n) is 5.27. The van der Waals surface area contributed by atoms with Crippen LogP contribution in [0.15, 0.2) is 84.4 Å². The van der Waals surface area contributed by atoms with Crippen LogP contribution in [0.25, 0.3) is 11.1 Å². The fourth-order valence-electron chi connectivity index (χ4n) is 3.61. The molecular formula is C27H24N2O. The van der Waals surface area contributed by atoms with Gasteiger partial charge in [0.2, 0.25) is 0 Å². The number of likely N-dealkylation sites (tertiary alicyclic amines) is 1. The lowest BCUT2D eigenvalue weighted by Crippen LogP contribution is -2.36. The number of allylic oxidation sites excluding steroid dienone is 1. The number of piperidine rings is 1. The van der Waals surface area contributed by atoms with E-state index in [0.717, 1.165) is 54.0 Å². The molecule has 2 aromatic carbocycles. The van der Waals surface area contributed by atoms with E-state index in [1.54, 1.807) is 0 Å². The standard InChI is InChI=1S/C27H24N2O/c1-21-8-5-14-26(28-21)15-6-9-22-16-18-29(19-17-22)27(30)25-13-7-12-24(20-25)23-10-3-2-4-11-23/h2-5,7-14,20H,16-19H2,1H3. The lowest BCUT2D eigenvalue weighted by atomic mass is 10.0. The SMILES string of the molecule is Cc1cccc(C#CC=C2CCN(C(=O)c3cccc(-c4ccccc4)c3)CC2)n1. The Bertz CT molecular complexity index is 1130. The van der Waals surface area contributed by atoms with Gasteiger partial charge in [-0.3, -0.25) is 4.79 Å². The number of nitrogens with zero attached hydrogens (tertiary/aromatic N) is 2. The molecule has 1 fully saturated rings. The van der Waals surface area contributed by atoms with Gasteiger partial charge in [0.1, 0.15) is 5.69 Å². The van der Waals surface area contributed by atoms with Crippen molar-refractivity contribution in [3.63, 3.8) is 0 Å². The third-order valence-corrected chi connectivity index (χ3v) is 5.27. The zero-order valence-corrected chi connectivity index (χ0v) is 17.1. The summed E-state index contributed by atoms with van der Waals surface area (Å²) in [5.41, 5.74) is 5.98. The highest BCUT2D eigenvalue weighted by molar-refractivity contribution is 5.95. The fraction of sp³-hybridized carbons (Fsp3) is 0.185. The van der Waals surface area contributed by atoms with Gasteiger partial charge < -0.3 is 4.90 Å². The van der Waals surface area contributed by atoms with Crippen molar-refractivity contribution in [1.82, 2.24) is 9.88 Å². The highest BCUT2D eigenvalue weighted by atomic mass is 16.2. The Hall–Kier alpha value is -3.64. The first-order valence-electron chi connectivity index (χ1n) is 10.3. The Labute approximate surface area is 178 Å². The highest BCUT2D eigenvalue weighted by Gasteiger charge is 2.20. The van der Waals surface area contributed by atoms with Crippen molar-refractivity contribution in [2.24, 2.45) is 0 Å². The van der Waals surface area contributed by atoms with Crippen LogP contribution in [0, 0.1) is 18.8 Å². The highest BCUT2D eigenvalue weighted by Crippen LogP contribution is 2.22. The summed E-state index contributed by atoms with van der Waals surface area (Å²) in [5.74, 6) is 6.32. The van der Waals surface area contributed by atoms with Crippen molar-refractivity contribution in [3.05, 3.63) is 101 Å². The maximum atomic E-state index is 13.0. The number of carbonyl (C=O) groups excluding carboxylic acids is 1. The Morgan fingerprint density at radius 1 is 0.933 bits per heavy atom. The van der Waals surface area contributed by atoms with Gasteiger partial charge in [-0.25, -0.2) is 4.98 Å². The number of aryl methyl sites for hydroxylation is 1. The quantitative estimate of drug-likeness (QED) is 0.557. The van der Waals surface area contributed by atoms with Crippen molar-refractivity contribution in [1.29, 1.82) is 0 Å². The van der Waals surface area contributed by atoms with Crippen molar-refractivity contribution in [2.45, 2.75) is 19.8 Å². The molecule has 0 bridgehead atoms. The van der Waals surface area contributed by atoms with Crippen molar-refractivity contribution >= 4 is 5.91 Å². The minimum Gasteiger partial charge on any atom is -0.338 e. The van der Waals surface area contributed by atoms with Crippen LogP contribution in [0.2, 0.25) is 0 Å². The van der Waals surface area contributed by atoms with Gasteiger partial charge in [0.15, 0.2) is 0 Å². The third kappa shape index (κ3) is 4.85. The summed E-state index contributed by atoms with van der Waals surface area (Å²) in [6.45, 7) is 3.42. The van der Waals surface area contributed by atoms with E-state index in [0.29, 0.717) is 0 Å². The van der Waals surface area contributed by atoms with Gasteiger partial charge in [-0.2, -0.15) is 0 Å². The first-order chi connectivity index (χ1) is 14.7. The zero-order valence-electron chi connectivity index (χ0n) is 17.1. The first-order valence-corrected chi connectivity index (χ1v) is 10.3. The maximum Gasteiger partial charge on any atom is 0.253 e. The van der Waals surface area contributed by atoms with Crippen molar-refractivity contribution < 1.29 is 4.79 Å². The molecular weight excluding hydrogens is 368 g/mol. The molecule has 3 aromatic rings. The van der Waals surface area contributed by atoms with E-state index in [9.17, 15) is 4.79 Å². The van der Waals surface area contributed by atoms with E-state index < -0.39 is 0 Å². The van der Waals surface area contributed by atoms with Crippen LogP contribution in [0.3, 0.4) is 0 Å². The molecule has 1 aromatic heterocycles. The summed E-state index contributed by atoms with van der Waals surface area (Å²) >= 11 is 0. The molecule has 0 N–H and O–H groups in total. The molecule has 0 spiro atoms. The molecule has 1 aliphatic heterocycles. The molecule has 0 radical (unpaired) electrons. The van der Waals surface area contributed by atoms with Crippen molar-refractivity contribution in [2.75, 3.05) is 13.1 Å². The smallest absolute Gasteiger partial charge is 0.253 e. The fourth-order valence-corrected chi connectivity index (χ4v) is 3.61. The molecule has 2 heterocycles. The van der Waals surface area contributed by atoms with Gasteiger partial charge in [0, 0.05) is 24.3 Å². The largest absolute Gasteiger partial charge is 0.338 e. The summed E-state index contributed by atoms with van der Waals surface area (Å²) in [7, 11) is 0. The predicted molar refractivity (Wildman–Crippen MR) is 121 cm³/mol. The van der Waals surface area contributed by atoms with Gasteiger partial charge in [0.25, 0.3) is 5.91 Å². The molecule has 0 unspecified atom stereocenters. The Morgan fingerprint density at radius 2 is 1.67 bits per heavy atom. The van der Waals surface area contributed by atoms with E-state index in [1.165, 1.54) is 5.57 Å². The minimum atomic E-state index is 0.0990. The number of rotatable bonds is 2. The Kier molecular flexibility index (Phi) is 6.06. The average molecular weight is 393 g/mol. The van der Waals surface area contributed by atoms with Gasteiger partial charge in [0.05, 0.1) is 0 Å². The number of aromatic nitrogens is 1. The molecule has 3 heteroatoms. The summed E-state index contributed by atoms with van der Waals surface area (Å²) in [5, 5.41) is 0. The second-order valence-electron chi connectivity index (χ2n) is 7.48. The number of carbonyl (C=O) groups is 1. The van der Waals surface area contributed by atoms with Crippen LogP contribution < -0.4 is 0 Å². The Morgan fingerprint density at radius 3 is 2.43 bits per heavy atom. The number of pyridine rings is 1. The number of hydrogen-bond donors (Lipinski definition) is 0. The minimum absolute atomic E-state index is 0.0990. The second kappa shape index (κ2) is 9.24. The number of benzene rings is 2. The molecule has 3 nitrogen and oxygen atoms in total. The number of amides is 1. The van der Waals surface area contributed by atoms with Gasteiger partial charge >= 0.3 is 0 Å². The molecule has 0 aliphatic carbocycles. The normalized spacial score (nSPS) is 13.4. The zero-order chi connectivity index (χ0) is 20.8.